The highest BCUT2D eigenvalue weighted by molar-refractivity contribution is 5.88. The van der Waals surface area contributed by atoms with E-state index >= 15 is 0 Å². The average molecular weight is 371 g/mol. The van der Waals surface area contributed by atoms with Crippen LogP contribution in [0.1, 0.15) is 62.5 Å². The largest absolute Gasteiger partial charge is 0.481 e. The predicted molar refractivity (Wildman–Crippen MR) is 90.7 cm³/mol. The van der Waals surface area contributed by atoms with Gasteiger partial charge in [0.2, 0.25) is 5.91 Å². The van der Waals surface area contributed by atoms with Gasteiger partial charge in [-0.2, -0.15) is 13.2 Å². The van der Waals surface area contributed by atoms with Crippen LogP contribution >= 0.6 is 0 Å². The highest BCUT2D eigenvalue weighted by Crippen LogP contribution is 2.43. The lowest BCUT2D eigenvalue weighted by molar-refractivity contribution is -0.138. The molecule has 26 heavy (non-hydrogen) atoms. The van der Waals surface area contributed by atoms with Crippen LogP contribution in [0.15, 0.2) is 24.3 Å². The summed E-state index contributed by atoms with van der Waals surface area (Å²) in [6, 6.07) is 5.08. The first-order chi connectivity index (χ1) is 12.3. The number of carboxylic acids is 1. The van der Waals surface area contributed by atoms with Gasteiger partial charge in [-0.1, -0.05) is 37.5 Å². The fourth-order valence-corrected chi connectivity index (χ4v) is 3.57. The van der Waals surface area contributed by atoms with Crippen LogP contribution in [-0.2, 0) is 21.2 Å². The molecule has 0 unspecified atom stereocenters. The summed E-state index contributed by atoms with van der Waals surface area (Å²) >= 11 is 0. The number of unbranched alkanes of at least 4 members (excludes halogenated alkanes) is 2. The lowest BCUT2D eigenvalue weighted by Gasteiger charge is -2.29. The van der Waals surface area contributed by atoms with Gasteiger partial charge in [-0.15, -0.1) is 0 Å². The Morgan fingerprint density at radius 3 is 2.42 bits per heavy atom. The lowest BCUT2D eigenvalue weighted by Crippen LogP contribution is -2.43. The molecule has 0 aromatic heterocycles. The molecule has 1 saturated carbocycles. The van der Waals surface area contributed by atoms with Gasteiger partial charge in [0.15, 0.2) is 0 Å². The Hall–Kier alpha value is -2.05. The van der Waals surface area contributed by atoms with Crippen LogP contribution in [0.4, 0.5) is 13.2 Å². The van der Waals surface area contributed by atoms with Crippen molar-refractivity contribution in [2.45, 2.75) is 63.0 Å². The number of amides is 1. The number of hydrogen-bond donors (Lipinski definition) is 2. The van der Waals surface area contributed by atoms with E-state index in [9.17, 15) is 22.8 Å². The number of carboxylic acid groups (broad SMARTS) is 1. The van der Waals surface area contributed by atoms with Gasteiger partial charge in [-0.25, -0.2) is 0 Å². The molecule has 0 aliphatic heterocycles. The molecule has 0 bridgehead atoms. The van der Waals surface area contributed by atoms with Gasteiger partial charge in [0.25, 0.3) is 0 Å². The van der Waals surface area contributed by atoms with Crippen LogP contribution in [0.25, 0.3) is 0 Å². The molecule has 0 heterocycles. The number of benzene rings is 1. The molecular formula is C19H24F3NO3. The third-order valence-electron chi connectivity index (χ3n) is 4.99. The summed E-state index contributed by atoms with van der Waals surface area (Å²) in [4.78, 5) is 23.2. The molecule has 1 fully saturated rings. The highest BCUT2D eigenvalue weighted by Gasteiger charge is 2.43. The monoisotopic (exact) mass is 371 g/mol. The summed E-state index contributed by atoms with van der Waals surface area (Å²) < 4.78 is 39.0. The first kappa shape index (κ1) is 20.3. The van der Waals surface area contributed by atoms with Crippen molar-refractivity contribution in [1.82, 2.24) is 5.32 Å². The van der Waals surface area contributed by atoms with E-state index in [4.69, 9.17) is 5.11 Å². The first-order valence-electron chi connectivity index (χ1n) is 8.93. The summed E-state index contributed by atoms with van der Waals surface area (Å²) in [5.41, 5.74) is -1.21. The van der Waals surface area contributed by atoms with E-state index in [1.165, 1.54) is 6.07 Å². The second kappa shape index (κ2) is 8.56. The molecule has 1 aromatic carbocycles. The molecule has 1 aliphatic rings. The first-order valence-corrected chi connectivity index (χ1v) is 8.93. The quantitative estimate of drug-likeness (QED) is 0.671. The molecule has 1 aliphatic carbocycles. The average Bonchev–Trinajstić information content (AvgIpc) is 3.08. The minimum atomic E-state index is -4.43. The maximum absolute atomic E-state index is 13.0. The van der Waals surface area contributed by atoms with Gasteiger partial charge < -0.3 is 10.4 Å². The summed E-state index contributed by atoms with van der Waals surface area (Å²) in [5, 5.41) is 11.4. The van der Waals surface area contributed by atoms with E-state index in [2.05, 4.69) is 5.32 Å². The summed E-state index contributed by atoms with van der Waals surface area (Å²) in [7, 11) is 0. The minimum absolute atomic E-state index is 0.0993. The van der Waals surface area contributed by atoms with E-state index in [0.717, 1.165) is 25.0 Å². The van der Waals surface area contributed by atoms with Gasteiger partial charge in [0, 0.05) is 13.0 Å². The van der Waals surface area contributed by atoms with Crippen LogP contribution in [0.2, 0.25) is 0 Å². The second-order valence-electron chi connectivity index (χ2n) is 6.83. The van der Waals surface area contributed by atoms with E-state index in [0.29, 0.717) is 44.2 Å². The Morgan fingerprint density at radius 1 is 1.12 bits per heavy atom. The van der Waals surface area contributed by atoms with Gasteiger partial charge in [0.05, 0.1) is 11.0 Å². The Balaban J connectivity index is 2.03. The van der Waals surface area contributed by atoms with Gasteiger partial charge in [-0.05, 0) is 37.3 Å². The van der Waals surface area contributed by atoms with Crippen molar-refractivity contribution in [2.75, 3.05) is 6.54 Å². The molecule has 0 spiro atoms. The third-order valence-corrected chi connectivity index (χ3v) is 4.99. The number of hydrogen-bond acceptors (Lipinski definition) is 2. The van der Waals surface area contributed by atoms with E-state index in [-0.39, 0.29) is 12.3 Å². The van der Waals surface area contributed by atoms with Gasteiger partial charge in [0.1, 0.15) is 0 Å². The number of aliphatic carboxylic acids is 1. The second-order valence-corrected chi connectivity index (χ2v) is 6.83. The maximum atomic E-state index is 13.0. The van der Waals surface area contributed by atoms with Crippen molar-refractivity contribution in [3.63, 3.8) is 0 Å². The number of alkyl halides is 3. The molecule has 7 heteroatoms. The van der Waals surface area contributed by atoms with Crippen LogP contribution in [0.3, 0.4) is 0 Å². The maximum Gasteiger partial charge on any atom is 0.416 e. The minimum Gasteiger partial charge on any atom is -0.481 e. The normalized spacial score (nSPS) is 16.4. The Kier molecular flexibility index (Phi) is 6.67. The van der Waals surface area contributed by atoms with E-state index in [1.54, 1.807) is 6.07 Å². The fraction of sp³-hybridized carbons (Fsp3) is 0.579. The van der Waals surface area contributed by atoms with Crippen LogP contribution < -0.4 is 5.32 Å². The summed E-state index contributed by atoms with van der Waals surface area (Å²) in [5.74, 6) is -1.07. The molecule has 1 aromatic rings. The van der Waals surface area contributed by atoms with E-state index in [1.807, 2.05) is 0 Å². The molecule has 4 nitrogen and oxygen atoms in total. The molecule has 1 amide bonds. The topological polar surface area (TPSA) is 66.4 Å². The SMILES string of the molecule is O=C(O)CCCCCNC(=O)C1(c2cccc(C(F)(F)F)c2)CCCC1. The number of carbonyl (C=O) groups excluding carboxylic acids is 1. The third kappa shape index (κ3) is 4.99. The summed E-state index contributed by atoms with van der Waals surface area (Å²) in [6.07, 6.45) is 0.242. The van der Waals surface area contributed by atoms with E-state index < -0.39 is 23.1 Å². The Labute approximate surface area is 150 Å². The smallest absolute Gasteiger partial charge is 0.416 e. The van der Waals surface area contributed by atoms with Crippen LogP contribution in [0.5, 0.6) is 0 Å². The Morgan fingerprint density at radius 2 is 1.81 bits per heavy atom. The molecule has 144 valence electrons. The Bertz CT molecular complexity index is 637. The lowest BCUT2D eigenvalue weighted by atomic mass is 9.77. The van der Waals surface area contributed by atoms with Crippen molar-refractivity contribution >= 4 is 11.9 Å². The molecule has 0 atom stereocenters. The van der Waals surface area contributed by atoms with Crippen molar-refractivity contribution < 1.29 is 27.9 Å². The van der Waals surface area contributed by atoms with Gasteiger partial charge in [-0.3, -0.25) is 9.59 Å². The summed E-state index contributed by atoms with van der Waals surface area (Å²) in [6.45, 7) is 0.402. The molecule has 0 saturated heterocycles. The van der Waals surface area contributed by atoms with Gasteiger partial charge >= 0.3 is 12.1 Å². The van der Waals surface area contributed by atoms with Crippen molar-refractivity contribution in [1.29, 1.82) is 0 Å². The van der Waals surface area contributed by atoms with Crippen molar-refractivity contribution in [2.24, 2.45) is 0 Å². The number of halogens is 3. The number of rotatable bonds is 8. The van der Waals surface area contributed by atoms with Crippen molar-refractivity contribution in [3.05, 3.63) is 35.4 Å². The van der Waals surface area contributed by atoms with Crippen LogP contribution in [0, 0.1) is 0 Å². The molecule has 2 N–H and O–H groups in total. The fourth-order valence-electron chi connectivity index (χ4n) is 3.57. The molecule has 0 radical (unpaired) electrons. The highest BCUT2D eigenvalue weighted by atomic mass is 19.4. The number of carbonyl (C=O) groups is 2. The zero-order valence-electron chi connectivity index (χ0n) is 14.6. The standard InChI is InChI=1S/C19H24F3NO3/c20-19(21,22)15-8-6-7-14(13-15)18(10-3-4-11-18)17(26)23-12-5-1-2-9-16(24)25/h6-8,13H,1-5,9-12H2,(H,23,26)(H,24,25). The number of nitrogens with one attached hydrogen (secondary N) is 1. The molecule has 2 rings (SSSR count). The predicted octanol–water partition coefficient (Wildman–Crippen LogP) is 4.28. The zero-order chi connectivity index (χ0) is 19.2. The van der Waals surface area contributed by atoms with Crippen molar-refractivity contribution in [3.8, 4) is 0 Å². The van der Waals surface area contributed by atoms with Crippen LogP contribution in [-0.4, -0.2) is 23.5 Å². The zero-order valence-corrected chi connectivity index (χ0v) is 14.6. The molecular weight excluding hydrogens is 347 g/mol.